The van der Waals surface area contributed by atoms with Crippen molar-refractivity contribution in [2.75, 3.05) is 6.01 Å². The van der Waals surface area contributed by atoms with Crippen LogP contribution in [0.25, 0.3) is 0 Å². The number of hydrogen-bond acceptors (Lipinski definition) is 4. The van der Waals surface area contributed by atoms with Gasteiger partial charge < -0.3 is 0 Å². The van der Waals surface area contributed by atoms with E-state index in [0.29, 0.717) is 0 Å². The minimum Gasteiger partial charge on any atom is -0.233 e. The standard InChI is InChI=1S/C7H8FNO4S2/c8-5-14(10,11)6-3-1-2-4-7(6)15(9,12)13/h1-4H,5H2,(H2,9,12,13). The van der Waals surface area contributed by atoms with Crippen molar-refractivity contribution >= 4 is 19.9 Å². The normalized spacial score (nSPS) is 12.7. The number of nitrogens with two attached hydrogens (primary N) is 1. The van der Waals surface area contributed by atoms with Crippen LogP contribution < -0.4 is 5.14 Å². The molecule has 84 valence electrons. The lowest BCUT2D eigenvalue weighted by molar-refractivity contribution is 0.532. The molecule has 0 aliphatic rings. The van der Waals surface area contributed by atoms with E-state index in [4.69, 9.17) is 5.14 Å². The monoisotopic (exact) mass is 253 g/mol. The highest BCUT2D eigenvalue weighted by atomic mass is 32.2. The first kappa shape index (κ1) is 12.1. The van der Waals surface area contributed by atoms with Gasteiger partial charge >= 0.3 is 0 Å². The molecule has 0 aliphatic carbocycles. The van der Waals surface area contributed by atoms with Crippen molar-refractivity contribution in [3.8, 4) is 0 Å². The van der Waals surface area contributed by atoms with E-state index < -0.39 is 35.7 Å². The van der Waals surface area contributed by atoms with Crippen LogP contribution in [0.2, 0.25) is 0 Å². The molecular weight excluding hydrogens is 245 g/mol. The summed E-state index contributed by atoms with van der Waals surface area (Å²) in [5.74, 6) is 0. The Labute approximate surface area is 86.7 Å². The van der Waals surface area contributed by atoms with Crippen molar-refractivity contribution in [1.29, 1.82) is 0 Å². The second-order valence-corrected chi connectivity index (χ2v) is 6.13. The Balaban J connectivity index is 3.59. The molecule has 0 bridgehead atoms. The van der Waals surface area contributed by atoms with Gasteiger partial charge in [0.15, 0.2) is 6.01 Å². The third kappa shape index (κ3) is 2.52. The summed E-state index contributed by atoms with van der Waals surface area (Å²) in [4.78, 5) is -1.21. The molecule has 15 heavy (non-hydrogen) atoms. The summed E-state index contributed by atoms with van der Waals surface area (Å²) < 4.78 is 56.6. The Hall–Kier alpha value is -0.990. The SMILES string of the molecule is NS(=O)(=O)c1ccccc1S(=O)(=O)CF. The third-order valence-corrected chi connectivity index (χ3v) is 4.05. The Morgan fingerprint density at radius 3 is 1.93 bits per heavy atom. The molecule has 0 atom stereocenters. The molecule has 0 aliphatic heterocycles. The highest BCUT2D eigenvalue weighted by molar-refractivity contribution is 7.93. The molecule has 2 N–H and O–H groups in total. The fraction of sp³-hybridized carbons (Fsp3) is 0.143. The summed E-state index contributed by atoms with van der Waals surface area (Å²) in [7, 11) is -8.41. The molecule has 0 aromatic heterocycles. The molecule has 0 saturated heterocycles. The average molecular weight is 253 g/mol. The summed E-state index contributed by atoms with van der Waals surface area (Å²) in [5.41, 5.74) is 0. The maximum Gasteiger partial charge on any atom is 0.239 e. The van der Waals surface area contributed by atoms with E-state index in [1.54, 1.807) is 0 Å². The predicted octanol–water partition coefficient (Wildman–Crippen LogP) is 0.0347. The maximum absolute atomic E-state index is 12.2. The third-order valence-electron chi connectivity index (χ3n) is 1.63. The first-order valence-corrected chi connectivity index (χ1v) is 6.89. The summed E-state index contributed by atoms with van der Waals surface area (Å²) in [6, 6.07) is 2.93. The van der Waals surface area contributed by atoms with Crippen LogP contribution in [0.3, 0.4) is 0 Å². The van der Waals surface area contributed by atoms with Crippen molar-refractivity contribution in [3.05, 3.63) is 24.3 Å². The molecule has 0 unspecified atom stereocenters. The number of hydrogen-bond donors (Lipinski definition) is 1. The molecule has 0 spiro atoms. The van der Waals surface area contributed by atoms with Crippen LogP contribution in [0.4, 0.5) is 4.39 Å². The zero-order valence-electron chi connectivity index (χ0n) is 7.42. The number of sulfone groups is 1. The van der Waals surface area contributed by atoms with Crippen LogP contribution in [-0.2, 0) is 19.9 Å². The van der Waals surface area contributed by atoms with Crippen molar-refractivity contribution in [3.63, 3.8) is 0 Å². The topological polar surface area (TPSA) is 94.3 Å². The van der Waals surface area contributed by atoms with Crippen LogP contribution in [0.5, 0.6) is 0 Å². The average Bonchev–Trinajstić information content (AvgIpc) is 2.16. The van der Waals surface area contributed by atoms with Crippen LogP contribution in [0.1, 0.15) is 0 Å². The largest absolute Gasteiger partial charge is 0.239 e. The number of sulfonamides is 1. The molecule has 0 radical (unpaired) electrons. The molecule has 1 aromatic rings. The molecule has 8 heteroatoms. The number of halogens is 1. The second-order valence-electron chi connectivity index (χ2n) is 2.72. The van der Waals surface area contributed by atoms with Gasteiger partial charge in [0.25, 0.3) is 0 Å². The second kappa shape index (κ2) is 3.87. The first-order chi connectivity index (χ1) is 6.79. The molecular formula is C7H8FNO4S2. The van der Waals surface area contributed by atoms with Crippen molar-refractivity contribution in [2.45, 2.75) is 9.79 Å². The van der Waals surface area contributed by atoms with Crippen molar-refractivity contribution in [2.24, 2.45) is 5.14 Å². The fourth-order valence-electron chi connectivity index (χ4n) is 1.00. The molecule has 0 amide bonds. The Bertz CT molecular complexity index is 564. The van der Waals surface area contributed by atoms with Gasteiger partial charge in [-0.05, 0) is 12.1 Å². The van der Waals surface area contributed by atoms with E-state index in [1.807, 2.05) is 0 Å². The van der Waals surface area contributed by atoms with Gasteiger partial charge in [-0.15, -0.1) is 0 Å². The van der Waals surface area contributed by atoms with E-state index in [1.165, 1.54) is 12.1 Å². The van der Waals surface area contributed by atoms with Crippen LogP contribution in [0, 0.1) is 0 Å². The van der Waals surface area contributed by atoms with Crippen LogP contribution in [0.15, 0.2) is 34.1 Å². The van der Waals surface area contributed by atoms with Crippen LogP contribution >= 0.6 is 0 Å². The van der Waals surface area contributed by atoms with Crippen molar-refractivity contribution < 1.29 is 21.2 Å². The fourth-order valence-corrected chi connectivity index (χ4v) is 3.13. The lowest BCUT2D eigenvalue weighted by atomic mass is 10.4. The van der Waals surface area contributed by atoms with Crippen LogP contribution in [-0.4, -0.2) is 22.8 Å². The molecule has 5 nitrogen and oxygen atoms in total. The quantitative estimate of drug-likeness (QED) is 0.822. The lowest BCUT2D eigenvalue weighted by Gasteiger charge is -2.05. The van der Waals surface area contributed by atoms with E-state index in [0.717, 1.165) is 12.1 Å². The molecule has 1 aromatic carbocycles. The van der Waals surface area contributed by atoms with Gasteiger partial charge in [-0.25, -0.2) is 26.4 Å². The highest BCUT2D eigenvalue weighted by Crippen LogP contribution is 2.20. The lowest BCUT2D eigenvalue weighted by Crippen LogP contribution is -2.17. The van der Waals surface area contributed by atoms with Gasteiger partial charge in [-0.3, -0.25) is 0 Å². The predicted molar refractivity (Wildman–Crippen MR) is 51.0 cm³/mol. The minimum absolute atomic E-state index is 0.595. The minimum atomic E-state index is -4.24. The van der Waals surface area contributed by atoms with E-state index in [-0.39, 0.29) is 0 Å². The highest BCUT2D eigenvalue weighted by Gasteiger charge is 2.23. The number of primary sulfonamides is 1. The van der Waals surface area contributed by atoms with Gasteiger partial charge in [-0.1, -0.05) is 12.1 Å². The zero-order chi connectivity index (χ0) is 11.7. The molecule has 1 rings (SSSR count). The van der Waals surface area contributed by atoms with E-state index in [2.05, 4.69) is 0 Å². The van der Waals surface area contributed by atoms with Crippen molar-refractivity contribution in [1.82, 2.24) is 0 Å². The smallest absolute Gasteiger partial charge is 0.233 e. The summed E-state index contributed by atoms with van der Waals surface area (Å²) >= 11 is 0. The summed E-state index contributed by atoms with van der Waals surface area (Å²) in [6.45, 7) is 0. The summed E-state index contributed by atoms with van der Waals surface area (Å²) in [5, 5.41) is 4.79. The summed E-state index contributed by atoms with van der Waals surface area (Å²) in [6.07, 6.45) is 0. The van der Waals surface area contributed by atoms with Gasteiger partial charge in [0.05, 0.1) is 4.90 Å². The van der Waals surface area contributed by atoms with Gasteiger partial charge in [-0.2, -0.15) is 0 Å². The Kier molecular flexibility index (Phi) is 3.12. The molecule has 0 fully saturated rings. The first-order valence-electron chi connectivity index (χ1n) is 3.69. The maximum atomic E-state index is 12.2. The van der Waals surface area contributed by atoms with E-state index >= 15 is 0 Å². The number of benzene rings is 1. The number of alkyl halides is 1. The zero-order valence-corrected chi connectivity index (χ0v) is 9.05. The Morgan fingerprint density at radius 2 is 1.53 bits per heavy atom. The number of rotatable bonds is 3. The van der Waals surface area contributed by atoms with E-state index in [9.17, 15) is 21.2 Å². The Morgan fingerprint density at radius 1 is 1.07 bits per heavy atom. The van der Waals surface area contributed by atoms with Gasteiger partial charge in [0.1, 0.15) is 4.90 Å². The van der Waals surface area contributed by atoms with Gasteiger partial charge in [0, 0.05) is 0 Å². The molecule has 0 saturated carbocycles. The van der Waals surface area contributed by atoms with Gasteiger partial charge in [0.2, 0.25) is 19.9 Å². The molecule has 0 heterocycles.